The molecule has 1 aliphatic rings. The first-order chi connectivity index (χ1) is 8.99. The highest BCUT2D eigenvalue weighted by atomic mass is 35.5. The molecule has 112 valence electrons. The highest BCUT2D eigenvalue weighted by Gasteiger charge is 2.23. The number of aryl methyl sites for hydroxylation is 2. The molecule has 5 heteroatoms. The molecular formula is C15H24ClN3O. The van der Waals surface area contributed by atoms with Gasteiger partial charge < -0.3 is 15.5 Å². The molecule has 1 heterocycles. The molecule has 1 amide bonds. The maximum atomic E-state index is 11.8. The number of nitrogens with zero attached hydrogens (tertiary/aromatic N) is 2. The molecule has 0 aliphatic carbocycles. The van der Waals surface area contributed by atoms with Crippen LogP contribution in [0.3, 0.4) is 0 Å². The standard InChI is InChI=1S/C15H23N3O.ClH/c1-11-4-5-12(2)14(10-11)17-6-8-18(9-7-17)15(19)13(3)16;/h4-5,10,13H,6-9,16H2,1-3H3;1H. The smallest absolute Gasteiger partial charge is 0.239 e. The Bertz CT molecular complexity index is 468. The molecule has 0 spiro atoms. The average Bonchev–Trinajstić information content (AvgIpc) is 2.41. The van der Waals surface area contributed by atoms with Gasteiger partial charge in [0.2, 0.25) is 5.91 Å². The van der Waals surface area contributed by atoms with E-state index in [1.807, 2.05) is 4.90 Å². The zero-order valence-corrected chi connectivity index (χ0v) is 13.2. The number of anilines is 1. The summed E-state index contributed by atoms with van der Waals surface area (Å²) in [7, 11) is 0. The molecule has 0 bridgehead atoms. The fraction of sp³-hybridized carbons (Fsp3) is 0.533. The molecule has 0 aromatic heterocycles. The van der Waals surface area contributed by atoms with E-state index >= 15 is 0 Å². The molecule has 1 aliphatic heterocycles. The van der Waals surface area contributed by atoms with Crippen LogP contribution in [-0.4, -0.2) is 43.0 Å². The Labute approximate surface area is 127 Å². The van der Waals surface area contributed by atoms with Crippen molar-refractivity contribution in [2.45, 2.75) is 26.8 Å². The Morgan fingerprint density at radius 3 is 2.35 bits per heavy atom. The minimum Gasteiger partial charge on any atom is -0.368 e. The molecule has 1 atom stereocenters. The lowest BCUT2D eigenvalue weighted by Crippen LogP contribution is -2.52. The lowest BCUT2D eigenvalue weighted by atomic mass is 10.1. The van der Waals surface area contributed by atoms with Crippen molar-refractivity contribution >= 4 is 24.0 Å². The van der Waals surface area contributed by atoms with Gasteiger partial charge in [0.25, 0.3) is 0 Å². The average molecular weight is 298 g/mol. The zero-order valence-electron chi connectivity index (χ0n) is 12.4. The van der Waals surface area contributed by atoms with Gasteiger partial charge in [-0.1, -0.05) is 12.1 Å². The van der Waals surface area contributed by atoms with Crippen LogP contribution in [0.15, 0.2) is 18.2 Å². The third kappa shape index (κ3) is 3.64. The third-order valence-corrected chi connectivity index (χ3v) is 3.69. The molecule has 1 aromatic rings. The van der Waals surface area contributed by atoms with Gasteiger partial charge in [-0.15, -0.1) is 12.4 Å². The molecule has 1 fully saturated rings. The number of amides is 1. The van der Waals surface area contributed by atoms with E-state index in [-0.39, 0.29) is 18.3 Å². The van der Waals surface area contributed by atoms with Gasteiger partial charge in [-0.2, -0.15) is 0 Å². The summed E-state index contributed by atoms with van der Waals surface area (Å²) in [5.74, 6) is 0.0561. The number of benzene rings is 1. The largest absolute Gasteiger partial charge is 0.368 e. The van der Waals surface area contributed by atoms with Crippen molar-refractivity contribution in [3.05, 3.63) is 29.3 Å². The minimum absolute atomic E-state index is 0. The normalized spacial score (nSPS) is 16.6. The monoisotopic (exact) mass is 297 g/mol. The molecule has 0 radical (unpaired) electrons. The van der Waals surface area contributed by atoms with Gasteiger partial charge in [-0.3, -0.25) is 4.79 Å². The van der Waals surface area contributed by atoms with Crippen molar-refractivity contribution in [1.82, 2.24) is 4.90 Å². The molecule has 0 saturated carbocycles. The van der Waals surface area contributed by atoms with Gasteiger partial charge >= 0.3 is 0 Å². The highest BCUT2D eigenvalue weighted by Crippen LogP contribution is 2.22. The van der Waals surface area contributed by atoms with E-state index < -0.39 is 6.04 Å². The van der Waals surface area contributed by atoms with Gasteiger partial charge in [0, 0.05) is 31.9 Å². The van der Waals surface area contributed by atoms with Crippen molar-refractivity contribution in [1.29, 1.82) is 0 Å². The lowest BCUT2D eigenvalue weighted by molar-refractivity contribution is -0.132. The van der Waals surface area contributed by atoms with Crippen molar-refractivity contribution in [3.63, 3.8) is 0 Å². The maximum Gasteiger partial charge on any atom is 0.239 e. The number of piperazine rings is 1. The molecular weight excluding hydrogens is 274 g/mol. The van der Waals surface area contributed by atoms with Crippen molar-refractivity contribution < 1.29 is 4.79 Å². The summed E-state index contributed by atoms with van der Waals surface area (Å²) < 4.78 is 0. The SMILES string of the molecule is Cc1ccc(C)c(N2CCN(C(=O)C(C)N)CC2)c1.Cl. The first-order valence-corrected chi connectivity index (χ1v) is 6.85. The van der Waals surface area contributed by atoms with Crippen molar-refractivity contribution in [3.8, 4) is 0 Å². The van der Waals surface area contributed by atoms with Crippen molar-refractivity contribution in [2.75, 3.05) is 31.1 Å². The van der Waals surface area contributed by atoms with Crippen LogP contribution in [0.25, 0.3) is 0 Å². The molecule has 1 unspecified atom stereocenters. The third-order valence-electron chi connectivity index (χ3n) is 3.69. The predicted octanol–water partition coefficient (Wildman–Crippen LogP) is 1.72. The van der Waals surface area contributed by atoms with Crippen LogP contribution < -0.4 is 10.6 Å². The van der Waals surface area contributed by atoms with Gasteiger partial charge in [-0.05, 0) is 38.0 Å². The van der Waals surface area contributed by atoms with Crippen molar-refractivity contribution in [2.24, 2.45) is 5.73 Å². The lowest BCUT2D eigenvalue weighted by Gasteiger charge is -2.37. The Morgan fingerprint density at radius 1 is 1.20 bits per heavy atom. The zero-order chi connectivity index (χ0) is 14.0. The van der Waals surface area contributed by atoms with E-state index in [1.165, 1.54) is 16.8 Å². The Kier molecular flexibility index (Phi) is 5.84. The summed E-state index contributed by atoms with van der Waals surface area (Å²) in [5, 5.41) is 0. The predicted molar refractivity (Wildman–Crippen MR) is 85.6 cm³/mol. The Morgan fingerprint density at radius 2 is 1.80 bits per heavy atom. The van der Waals surface area contributed by atoms with E-state index in [2.05, 4.69) is 36.9 Å². The second-order valence-electron chi connectivity index (χ2n) is 5.39. The molecule has 2 N–H and O–H groups in total. The molecule has 1 aromatic carbocycles. The summed E-state index contributed by atoms with van der Waals surface area (Å²) in [6.07, 6.45) is 0. The number of halogens is 1. The fourth-order valence-corrected chi connectivity index (χ4v) is 2.52. The Balaban J connectivity index is 0.00000200. The minimum atomic E-state index is -0.396. The van der Waals surface area contributed by atoms with Crippen LogP contribution in [-0.2, 0) is 4.79 Å². The molecule has 4 nitrogen and oxygen atoms in total. The summed E-state index contributed by atoms with van der Waals surface area (Å²) in [6, 6.07) is 6.12. The van der Waals surface area contributed by atoms with Crippen LogP contribution in [0.4, 0.5) is 5.69 Å². The maximum absolute atomic E-state index is 11.8. The second-order valence-corrected chi connectivity index (χ2v) is 5.39. The van der Waals surface area contributed by atoms with Gasteiger partial charge in [0.1, 0.15) is 0 Å². The van der Waals surface area contributed by atoms with Gasteiger partial charge in [-0.25, -0.2) is 0 Å². The first-order valence-electron chi connectivity index (χ1n) is 6.85. The second kappa shape index (κ2) is 6.95. The van der Waals surface area contributed by atoms with Crippen LogP contribution in [0.5, 0.6) is 0 Å². The molecule has 2 rings (SSSR count). The number of hydrogen-bond donors (Lipinski definition) is 1. The fourth-order valence-electron chi connectivity index (χ4n) is 2.52. The van der Waals surface area contributed by atoms with E-state index in [0.29, 0.717) is 0 Å². The van der Waals surface area contributed by atoms with Crippen LogP contribution >= 0.6 is 12.4 Å². The number of nitrogens with two attached hydrogens (primary N) is 1. The number of rotatable bonds is 2. The summed E-state index contributed by atoms with van der Waals surface area (Å²) >= 11 is 0. The molecule has 20 heavy (non-hydrogen) atoms. The van der Waals surface area contributed by atoms with Gasteiger partial charge in [0.15, 0.2) is 0 Å². The summed E-state index contributed by atoms with van der Waals surface area (Å²) in [4.78, 5) is 16.1. The highest BCUT2D eigenvalue weighted by molar-refractivity contribution is 5.85. The van der Waals surface area contributed by atoms with Crippen LogP contribution in [0.1, 0.15) is 18.1 Å². The molecule has 1 saturated heterocycles. The quantitative estimate of drug-likeness (QED) is 0.904. The summed E-state index contributed by atoms with van der Waals surface area (Å²) in [6.45, 7) is 9.26. The number of carbonyl (C=O) groups is 1. The first kappa shape index (κ1) is 16.8. The number of hydrogen-bond acceptors (Lipinski definition) is 3. The van der Waals surface area contributed by atoms with E-state index in [1.54, 1.807) is 6.92 Å². The van der Waals surface area contributed by atoms with E-state index in [9.17, 15) is 4.79 Å². The van der Waals surface area contributed by atoms with E-state index in [0.717, 1.165) is 26.2 Å². The summed E-state index contributed by atoms with van der Waals surface area (Å²) in [5.41, 5.74) is 9.50. The topological polar surface area (TPSA) is 49.6 Å². The van der Waals surface area contributed by atoms with Crippen LogP contribution in [0, 0.1) is 13.8 Å². The Hall–Kier alpha value is -1.26. The van der Waals surface area contributed by atoms with Gasteiger partial charge in [0.05, 0.1) is 6.04 Å². The number of carbonyl (C=O) groups excluding carboxylic acids is 1. The van der Waals surface area contributed by atoms with E-state index in [4.69, 9.17) is 5.73 Å². The van der Waals surface area contributed by atoms with Crippen LogP contribution in [0.2, 0.25) is 0 Å².